The fourth-order valence-electron chi connectivity index (χ4n) is 2.96. The van der Waals surface area contributed by atoms with Gasteiger partial charge in [0.2, 0.25) is 11.7 Å². The van der Waals surface area contributed by atoms with Crippen LogP contribution in [0.2, 0.25) is 0 Å². The molecule has 4 aromatic rings. The number of imidazole rings is 1. The number of halogens is 1. The first-order chi connectivity index (χ1) is 13.6. The van der Waals surface area contributed by atoms with Crippen LogP contribution in [0.4, 0.5) is 0 Å². The van der Waals surface area contributed by atoms with Crippen LogP contribution in [0, 0.1) is 6.92 Å². The van der Waals surface area contributed by atoms with E-state index in [2.05, 4.69) is 43.2 Å². The molecule has 0 aliphatic rings. The molecule has 2 aromatic heterocycles. The lowest BCUT2D eigenvalue weighted by Gasteiger charge is -2.09. The number of aryl methyl sites for hydroxylation is 3. The van der Waals surface area contributed by atoms with Crippen molar-refractivity contribution in [3.8, 4) is 22.8 Å². The SMILES string of the molecule is COc1cc(-c2noc(CCc3ccc(Br)cc3)n2)ccc1-n1cnc(C)c1. The minimum absolute atomic E-state index is 0.553. The fourth-order valence-corrected chi connectivity index (χ4v) is 3.22. The molecule has 0 N–H and O–H groups in total. The number of rotatable bonds is 6. The van der Waals surface area contributed by atoms with Crippen molar-refractivity contribution in [3.05, 3.63) is 76.6 Å². The Morgan fingerprint density at radius 1 is 1.11 bits per heavy atom. The Balaban J connectivity index is 1.52. The standard InChI is InChI=1S/C21H19BrN4O2/c1-14-12-26(13-23-14)18-9-6-16(11-19(18)27-2)21-24-20(28-25-21)10-5-15-3-7-17(22)8-4-15/h3-4,6-9,11-13H,5,10H2,1-2H3. The number of methoxy groups -OCH3 is 1. The molecule has 28 heavy (non-hydrogen) atoms. The average Bonchev–Trinajstić information content (AvgIpc) is 3.36. The van der Waals surface area contributed by atoms with Gasteiger partial charge in [-0.05, 0) is 49.2 Å². The molecular weight excluding hydrogens is 420 g/mol. The Labute approximate surface area is 171 Å². The van der Waals surface area contributed by atoms with E-state index < -0.39 is 0 Å². The van der Waals surface area contributed by atoms with Crippen LogP contribution >= 0.6 is 15.9 Å². The Kier molecular flexibility index (Phi) is 5.25. The van der Waals surface area contributed by atoms with Crippen LogP contribution in [0.3, 0.4) is 0 Å². The minimum atomic E-state index is 0.553. The van der Waals surface area contributed by atoms with Crippen LogP contribution < -0.4 is 4.74 Å². The van der Waals surface area contributed by atoms with E-state index in [0.717, 1.165) is 33.6 Å². The highest BCUT2D eigenvalue weighted by molar-refractivity contribution is 9.10. The normalized spacial score (nSPS) is 11.0. The molecule has 0 saturated heterocycles. The molecule has 2 heterocycles. The third-order valence-electron chi connectivity index (χ3n) is 4.44. The first kappa shape index (κ1) is 18.4. The summed E-state index contributed by atoms with van der Waals surface area (Å²) in [6.07, 6.45) is 5.25. The molecule has 4 rings (SSSR count). The van der Waals surface area contributed by atoms with Crippen LogP contribution in [-0.2, 0) is 12.8 Å². The molecule has 0 spiro atoms. The van der Waals surface area contributed by atoms with Gasteiger partial charge in [0.05, 0.1) is 24.8 Å². The maximum Gasteiger partial charge on any atom is 0.227 e. The molecule has 0 bridgehead atoms. The lowest BCUT2D eigenvalue weighted by molar-refractivity contribution is 0.379. The summed E-state index contributed by atoms with van der Waals surface area (Å²) < 4.78 is 14.0. The first-order valence-electron chi connectivity index (χ1n) is 8.89. The molecule has 7 heteroatoms. The fraction of sp³-hybridized carbons (Fsp3) is 0.190. The van der Waals surface area contributed by atoms with E-state index in [1.807, 2.05) is 48.0 Å². The van der Waals surface area contributed by atoms with Gasteiger partial charge in [0.1, 0.15) is 5.75 Å². The maximum absolute atomic E-state index is 5.55. The lowest BCUT2D eigenvalue weighted by Crippen LogP contribution is -1.96. The monoisotopic (exact) mass is 438 g/mol. The number of nitrogens with zero attached hydrogens (tertiary/aromatic N) is 4. The van der Waals surface area contributed by atoms with Crippen molar-refractivity contribution in [1.29, 1.82) is 0 Å². The van der Waals surface area contributed by atoms with Gasteiger partial charge >= 0.3 is 0 Å². The second kappa shape index (κ2) is 7.98. The second-order valence-corrected chi connectivity index (χ2v) is 7.36. The summed E-state index contributed by atoms with van der Waals surface area (Å²) in [5.74, 6) is 1.89. The average molecular weight is 439 g/mol. The molecule has 0 aliphatic heterocycles. The molecule has 142 valence electrons. The van der Waals surface area contributed by atoms with Gasteiger partial charge in [0, 0.05) is 22.7 Å². The van der Waals surface area contributed by atoms with Crippen molar-refractivity contribution in [2.45, 2.75) is 19.8 Å². The first-order valence-corrected chi connectivity index (χ1v) is 9.68. The van der Waals surface area contributed by atoms with Gasteiger partial charge in [-0.15, -0.1) is 0 Å². The summed E-state index contributed by atoms with van der Waals surface area (Å²) in [4.78, 5) is 8.80. The number of ether oxygens (including phenoxy) is 1. The van der Waals surface area contributed by atoms with Crippen LogP contribution in [0.15, 0.2) is 64.0 Å². The third kappa shape index (κ3) is 3.99. The van der Waals surface area contributed by atoms with Crippen molar-refractivity contribution >= 4 is 15.9 Å². The van der Waals surface area contributed by atoms with Crippen molar-refractivity contribution in [1.82, 2.24) is 19.7 Å². The Morgan fingerprint density at radius 2 is 1.93 bits per heavy atom. The third-order valence-corrected chi connectivity index (χ3v) is 4.97. The summed E-state index contributed by atoms with van der Waals surface area (Å²) in [7, 11) is 1.65. The number of benzene rings is 2. The minimum Gasteiger partial charge on any atom is -0.495 e. The van der Waals surface area contributed by atoms with E-state index in [1.165, 1.54) is 5.56 Å². The zero-order chi connectivity index (χ0) is 19.5. The van der Waals surface area contributed by atoms with Gasteiger partial charge in [-0.1, -0.05) is 33.2 Å². The topological polar surface area (TPSA) is 66.0 Å². The molecule has 0 radical (unpaired) electrons. The van der Waals surface area contributed by atoms with Crippen LogP contribution in [0.5, 0.6) is 5.75 Å². The smallest absolute Gasteiger partial charge is 0.227 e. The van der Waals surface area contributed by atoms with E-state index in [-0.39, 0.29) is 0 Å². The summed E-state index contributed by atoms with van der Waals surface area (Å²) in [6, 6.07) is 14.1. The van der Waals surface area contributed by atoms with Crippen molar-refractivity contribution in [2.24, 2.45) is 0 Å². The molecule has 0 aliphatic carbocycles. The predicted molar refractivity (Wildman–Crippen MR) is 110 cm³/mol. The van der Waals surface area contributed by atoms with Crippen molar-refractivity contribution in [2.75, 3.05) is 7.11 Å². The van der Waals surface area contributed by atoms with Gasteiger partial charge in [-0.25, -0.2) is 4.98 Å². The molecule has 0 unspecified atom stereocenters. The Bertz CT molecular complexity index is 1090. The molecule has 0 fully saturated rings. The van der Waals surface area contributed by atoms with Gasteiger partial charge in [0.25, 0.3) is 0 Å². The van der Waals surface area contributed by atoms with E-state index in [4.69, 9.17) is 9.26 Å². The molecular formula is C21H19BrN4O2. The van der Waals surface area contributed by atoms with Crippen molar-refractivity contribution < 1.29 is 9.26 Å². The zero-order valence-electron chi connectivity index (χ0n) is 15.6. The number of hydrogen-bond donors (Lipinski definition) is 0. The second-order valence-electron chi connectivity index (χ2n) is 6.45. The highest BCUT2D eigenvalue weighted by atomic mass is 79.9. The molecule has 0 saturated carbocycles. The van der Waals surface area contributed by atoms with E-state index in [0.29, 0.717) is 18.1 Å². The Morgan fingerprint density at radius 3 is 2.64 bits per heavy atom. The van der Waals surface area contributed by atoms with Gasteiger partial charge in [-0.3, -0.25) is 0 Å². The largest absolute Gasteiger partial charge is 0.495 e. The summed E-state index contributed by atoms with van der Waals surface area (Å²) in [5, 5.41) is 4.13. The zero-order valence-corrected chi connectivity index (χ0v) is 17.2. The van der Waals surface area contributed by atoms with Crippen LogP contribution in [0.25, 0.3) is 17.1 Å². The molecule has 0 amide bonds. The number of aromatic nitrogens is 4. The molecule has 2 aromatic carbocycles. The summed E-state index contributed by atoms with van der Waals surface area (Å²) in [5.41, 5.74) is 3.92. The van der Waals surface area contributed by atoms with Gasteiger partial charge < -0.3 is 13.8 Å². The van der Waals surface area contributed by atoms with E-state index >= 15 is 0 Å². The quantitative estimate of drug-likeness (QED) is 0.432. The summed E-state index contributed by atoms with van der Waals surface area (Å²) >= 11 is 3.45. The van der Waals surface area contributed by atoms with Gasteiger partial charge in [0.15, 0.2) is 0 Å². The van der Waals surface area contributed by atoms with Gasteiger partial charge in [-0.2, -0.15) is 4.98 Å². The van der Waals surface area contributed by atoms with Crippen molar-refractivity contribution in [3.63, 3.8) is 0 Å². The lowest BCUT2D eigenvalue weighted by atomic mass is 10.1. The van der Waals surface area contributed by atoms with Crippen LogP contribution in [-0.4, -0.2) is 26.8 Å². The summed E-state index contributed by atoms with van der Waals surface area (Å²) in [6.45, 7) is 1.95. The van der Waals surface area contributed by atoms with Crippen LogP contribution in [0.1, 0.15) is 17.1 Å². The highest BCUT2D eigenvalue weighted by Gasteiger charge is 2.13. The highest BCUT2D eigenvalue weighted by Crippen LogP contribution is 2.28. The predicted octanol–water partition coefficient (Wildman–Crippen LogP) is 4.79. The Hall–Kier alpha value is -2.93. The molecule has 6 nitrogen and oxygen atoms in total. The molecule has 0 atom stereocenters. The van der Waals surface area contributed by atoms with E-state index in [9.17, 15) is 0 Å². The van der Waals surface area contributed by atoms with E-state index in [1.54, 1.807) is 13.4 Å². The number of hydrogen-bond acceptors (Lipinski definition) is 5. The maximum atomic E-state index is 5.55.